The molecule has 4 nitrogen and oxygen atoms in total. The third kappa shape index (κ3) is 3.71. The molecular formula is C12H25NO3SSi. The van der Waals surface area contributed by atoms with E-state index in [9.17, 15) is 0 Å². The molecule has 3 fully saturated rings. The van der Waals surface area contributed by atoms with Crippen molar-refractivity contribution in [1.82, 2.24) is 4.90 Å². The number of nitrogens with zero attached hydrogens (tertiary/aromatic N) is 1. The fraction of sp³-hybridized carbons (Fsp3) is 1.00. The van der Waals surface area contributed by atoms with Gasteiger partial charge in [-0.2, -0.15) is 12.6 Å². The molecule has 0 aliphatic carbocycles. The van der Waals surface area contributed by atoms with E-state index in [1.807, 2.05) is 0 Å². The summed E-state index contributed by atoms with van der Waals surface area (Å²) >= 11 is 4.30. The van der Waals surface area contributed by atoms with Crippen LogP contribution in [-0.2, 0) is 13.3 Å². The zero-order valence-electron chi connectivity index (χ0n) is 11.6. The first-order valence-corrected chi connectivity index (χ1v) is 9.46. The van der Waals surface area contributed by atoms with Gasteiger partial charge in [-0.3, -0.25) is 4.90 Å². The molecule has 0 aromatic carbocycles. The molecule has 3 heterocycles. The van der Waals surface area contributed by atoms with Crippen molar-refractivity contribution in [3.05, 3.63) is 0 Å². The molecule has 3 atom stereocenters. The average Bonchev–Trinajstić information content (AvgIpc) is 2.21. The van der Waals surface area contributed by atoms with Gasteiger partial charge in [0.1, 0.15) is 0 Å². The first-order valence-electron chi connectivity index (χ1n) is 6.89. The molecule has 0 aromatic heterocycles. The standard InChI is InChI=1S/C12H25NO3SSi/c1-10-7-13-8-11(2)15-18(14-10,6-4-5-17)16-12(3)9-13/h10-12,17H,4-9H2,1-3H3. The van der Waals surface area contributed by atoms with Gasteiger partial charge >= 0.3 is 8.80 Å². The van der Waals surface area contributed by atoms with E-state index in [1.54, 1.807) is 0 Å². The maximum absolute atomic E-state index is 6.21. The van der Waals surface area contributed by atoms with Crippen molar-refractivity contribution < 1.29 is 13.3 Å². The van der Waals surface area contributed by atoms with E-state index >= 15 is 0 Å². The number of fused-ring (bicyclic) bond motifs is 6. The van der Waals surface area contributed by atoms with E-state index < -0.39 is 8.80 Å². The Balaban J connectivity index is 2.18. The Labute approximate surface area is 117 Å². The van der Waals surface area contributed by atoms with E-state index in [2.05, 4.69) is 38.3 Å². The maximum atomic E-state index is 6.21. The zero-order valence-corrected chi connectivity index (χ0v) is 13.5. The Morgan fingerprint density at radius 3 is 1.83 bits per heavy atom. The second-order valence-corrected chi connectivity index (χ2v) is 8.53. The second-order valence-electron chi connectivity index (χ2n) is 5.51. The average molecular weight is 291 g/mol. The van der Waals surface area contributed by atoms with Crippen LogP contribution in [-0.4, -0.2) is 57.4 Å². The minimum atomic E-state index is -2.51. The van der Waals surface area contributed by atoms with Crippen molar-refractivity contribution in [3.8, 4) is 0 Å². The Kier molecular flexibility index (Phi) is 5.13. The molecule has 0 radical (unpaired) electrons. The smallest absolute Gasteiger partial charge is 0.369 e. The molecule has 3 unspecified atom stereocenters. The van der Waals surface area contributed by atoms with Crippen molar-refractivity contribution in [2.75, 3.05) is 25.4 Å². The molecule has 0 amide bonds. The van der Waals surface area contributed by atoms with Crippen LogP contribution in [0.15, 0.2) is 0 Å². The molecule has 3 rings (SSSR count). The van der Waals surface area contributed by atoms with E-state index in [1.165, 1.54) is 0 Å². The highest BCUT2D eigenvalue weighted by atomic mass is 32.1. The quantitative estimate of drug-likeness (QED) is 0.634. The van der Waals surface area contributed by atoms with Crippen LogP contribution in [0.3, 0.4) is 0 Å². The number of hydrogen-bond acceptors (Lipinski definition) is 5. The molecule has 3 aliphatic heterocycles. The number of hydrogen-bond donors (Lipinski definition) is 1. The molecule has 0 spiro atoms. The van der Waals surface area contributed by atoms with Gasteiger partial charge in [-0.25, -0.2) is 0 Å². The topological polar surface area (TPSA) is 30.9 Å². The lowest BCUT2D eigenvalue weighted by Gasteiger charge is -2.45. The lowest BCUT2D eigenvalue weighted by Crippen LogP contribution is -2.61. The van der Waals surface area contributed by atoms with Gasteiger partial charge in [0.25, 0.3) is 0 Å². The minimum absolute atomic E-state index is 0.191. The van der Waals surface area contributed by atoms with Gasteiger partial charge in [0.2, 0.25) is 0 Å². The van der Waals surface area contributed by atoms with Crippen molar-refractivity contribution in [1.29, 1.82) is 0 Å². The Morgan fingerprint density at radius 2 is 1.44 bits per heavy atom. The molecule has 6 heteroatoms. The Morgan fingerprint density at radius 1 is 1.00 bits per heavy atom. The summed E-state index contributed by atoms with van der Waals surface area (Å²) in [7, 11) is -2.51. The molecule has 2 bridgehead atoms. The van der Waals surface area contributed by atoms with Crippen molar-refractivity contribution >= 4 is 21.4 Å². The lowest BCUT2D eigenvalue weighted by molar-refractivity contribution is -0.0789. The van der Waals surface area contributed by atoms with E-state index in [-0.39, 0.29) is 18.3 Å². The van der Waals surface area contributed by atoms with Crippen LogP contribution in [0.1, 0.15) is 27.2 Å². The molecule has 3 saturated heterocycles. The first kappa shape index (κ1) is 14.8. The highest BCUT2D eigenvalue weighted by Crippen LogP contribution is 2.28. The predicted octanol–water partition coefficient (Wildman–Crippen LogP) is 1.79. The molecule has 106 valence electrons. The van der Waals surface area contributed by atoms with Crippen LogP contribution >= 0.6 is 12.6 Å². The lowest BCUT2D eigenvalue weighted by atomic mass is 10.2. The summed E-state index contributed by atoms with van der Waals surface area (Å²) in [4.78, 5) is 2.39. The minimum Gasteiger partial charge on any atom is -0.369 e. The molecule has 0 N–H and O–H groups in total. The highest BCUT2D eigenvalue weighted by molar-refractivity contribution is 7.80. The van der Waals surface area contributed by atoms with Gasteiger partial charge in [0.15, 0.2) is 0 Å². The maximum Gasteiger partial charge on any atom is 0.501 e. The summed E-state index contributed by atoms with van der Waals surface area (Å²) in [5.41, 5.74) is 0. The van der Waals surface area contributed by atoms with Gasteiger partial charge in [0, 0.05) is 25.7 Å². The van der Waals surface area contributed by atoms with E-state index in [0.29, 0.717) is 0 Å². The fourth-order valence-electron chi connectivity index (χ4n) is 2.90. The number of thiol groups is 1. The van der Waals surface area contributed by atoms with E-state index in [0.717, 1.165) is 37.9 Å². The monoisotopic (exact) mass is 291 g/mol. The Hall–Kier alpha value is 0.407. The van der Waals surface area contributed by atoms with Gasteiger partial charge in [-0.15, -0.1) is 0 Å². The van der Waals surface area contributed by atoms with Crippen LogP contribution in [0.2, 0.25) is 6.04 Å². The van der Waals surface area contributed by atoms with Gasteiger partial charge in [0.05, 0.1) is 18.3 Å². The van der Waals surface area contributed by atoms with Crippen molar-refractivity contribution in [2.45, 2.75) is 51.5 Å². The largest absolute Gasteiger partial charge is 0.501 e. The first-order chi connectivity index (χ1) is 8.53. The summed E-state index contributed by atoms with van der Waals surface area (Å²) in [5.74, 6) is 0.855. The summed E-state index contributed by atoms with van der Waals surface area (Å²) in [6, 6.07) is 0.884. The predicted molar refractivity (Wildman–Crippen MR) is 77.1 cm³/mol. The fourth-order valence-corrected chi connectivity index (χ4v) is 6.55. The molecule has 0 aromatic rings. The molecule has 3 aliphatic rings. The summed E-state index contributed by atoms with van der Waals surface area (Å²) in [5, 5.41) is 0. The zero-order chi connectivity index (χ0) is 13.2. The SMILES string of the molecule is CC1CN2CC(C)O[Si](CCCS)(O1)OC(C)C2. The molecule has 18 heavy (non-hydrogen) atoms. The van der Waals surface area contributed by atoms with Crippen molar-refractivity contribution in [3.63, 3.8) is 0 Å². The van der Waals surface area contributed by atoms with Crippen LogP contribution in [0.4, 0.5) is 0 Å². The highest BCUT2D eigenvalue weighted by Gasteiger charge is 2.48. The summed E-state index contributed by atoms with van der Waals surface area (Å²) in [6.45, 7) is 9.31. The summed E-state index contributed by atoms with van der Waals surface area (Å²) < 4.78 is 18.6. The summed E-state index contributed by atoms with van der Waals surface area (Å²) in [6.07, 6.45) is 1.57. The van der Waals surface area contributed by atoms with Crippen LogP contribution in [0.5, 0.6) is 0 Å². The van der Waals surface area contributed by atoms with Gasteiger partial charge in [-0.1, -0.05) is 0 Å². The van der Waals surface area contributed by atoms with Gasteiger partial charge in [-0.05, 0) is 32.9 Å². The molecular weight excluding hydrogens is 266 g/mol. The van der Waals surface area contributed by atoms with Crippen LogP contribution < -0.4 is 0 Å². The number of rotatable bonds is 3. The van der Waals surface area contributed by atoms with Crippen LogP contribution in [0, 0.1) is 0 Å². The Bertz CT molecular complexity index is 246. The van der Waals surface area contributed by atoms with E-state index in [4.69, 9.17) is 13.3 Å². The second kappa shape index (κ2) is 6.24. The van der Waals surface area contributed by atoms with Crippen LogP contribution in [0.25, 0.3) is 0 Å². The molecule has 0 saturated carbocycles. The van der Waals surface area contributed by atoms with Crippen molar-refractivity contribution in [2.24, 2.45) is 0 Å². The third-order valence-corrected chi connectivity index (χ3v) is 6.90. The normalized spacial score (nSPS) is 45.3. The third-order valence-electron chi connectivity index (χ3n) is 3.33. The van der Waals surface area contributed by atoms with Gasteiger partial charge < -0.3 is 13.3 Å².